The van der Waals surface area contributed by atoms with Gasteiger partial charge in [-0.15, -0.1) is 11.3 Å². The zero-order valence-electron chi connectivity index (χ0n) is 14.5. The van der Waals surface area contributed by atoms with Gasteiger partial charge in [-0.1, -0.05) is 36.4 Å². The molecule has 3 nitrogen and oxygen atoms in total. The first-order chi connectivity index (χ1) is 12.9. The Bertz CT molecular complexity index is 1070. The van der Waals surface area contributed by atoms with Crippen molar-refractivity contribution in [2.75, 3.05) is 0 Å². The standard InChI is InChI=1S/C22H19N3S/c1-2-7-15(8-3-1)13-16-9-6-11-19(24-16)21-23-14-18-17-10-4-5-12-20(17)26-22(18)25-21/h1-3,6-9,11,14H,4-5,10,12-13H2. The predicted octanol–water partition coefficient (Wildman–Crippen LogP) is 5.22. The lowest BCUT2D eigenvalue weighted by molar-refractivity contribution is 0.700. The summed E-state index contributed by atoms with van der Waals surface area (Å²) in [7, 11) is 0. The fraction of sp³-hybridized carbons (Fsp3) is 0.227. The van der Waals surface area contributed by atoms with Crippen LogP contribution in [0.1, 0.15) is 34.5 Å². The van der Waals surface area contributed by atoms with Crippen molar-refractivity contribution in [3.05, 3.63) is 76.4 Å². The highest BCUT2D eigenvalue weighted by Crippen LogP contribution is 2.35. The summed E-state index contributed by atoms with van der Waals surface area (Å²) in [4.78, 5) is 16.9. The first kappa shape index (κ1) is 15.6. The molecule has 0 bridgehead atoms. The third-order valence-electron chi connectivity index (χ3n) is 4.98. The summed E-state index contributed by atoms with van der Waals surface area (Å²) in [6, 6.07) is 16.6. The van der Waals surface area contributed by atoms with Crippen molar-refractivity contribution < 1.29 is 0 Å². The van der Waals surface area contributed by atoms with Gasteiger partial charge in [-0.2, -0.15) is 0 Å². The van der Waals surface area contributed by atoms with Gasteiger partial charge in [0.05, 0.1) is 0 Å². The number of hydrogen-bond acceptors (Lipinski definition) is 4. The van der Waals surface area contributed by atoms with Crippen molar-refractivity contribution in [1.29, 1.82) is 0 Å². The molecule has 128 valence electrons. The molecule has 0 saturated carbocycles. The van der Waals surface area contributed by atoms with E-state index in [9.17, 15) is 0 Å². The van der Waals surface area contributed by atoms with E-state index in [0.29, 0.717) is 0 Å². The number of aromatic nitrogens is 3. The molecule has 1 aliphatic carbocycles. The Balaban J connectivity index is 1.50. The summed E-state index contributed by atoms with van der Waals surface area (Å²) < 4.78 is 0. The van der Waals surface area contributed by atoms with Gasteiger partial charge in [0, 0.05) is 28.6 Å². The molecule has 0 unspecified atom stereocenters. The second-order valence-corrected chi connectivity index (χ2v) is 7.88. The molecule has 0 aliphatic heterocycles. The Labute approximate surface area is 156 Å². The quantitative estimate of drug-likeness (QED) is 0.504. The maximum Gasteiger partial charge on any atom is 0.179 e. The maximum atomic E-state index is 4.84. The largest absolute Gasteiger partial charge is 0.249 e. The van der Waals surface area contributed by atoms with Crippen molar-refractivity contribution in [2.45, 2.75) is 32.1 Å². The van der Waals surface area contributed by atoms with Crippen LogP contribution in [0.5, 0.6) is 0 Å². The SMILES string of the molecule is c1ccc(Cc2cccc(-c3ncc4c5c(sc4n3)CCCC5)n2)cc1. The molecule has 0 spiro atoms. The predicted molar refractivity (Wildman–Crippen MR) is 107 cm³/mol. The monoisotopic (exact) mass is 357 g/mol. The van der Waals surface area contributed by atoms with E-state index in [2.05, 4.69) is 35.3 Å². The molecule has 0 atom stereocenters. The van der Waals surface area contributed by atoms with Crippen LogP contribution in [-0.2, 0) is 19.3 Å². The molecular weight excluding hydrogens is 338 g/mol. The lowest BCUT2D eigenvalue weighted by atomic mass is 9.97. The average molecular weight is 357 g/mol. The van der Waals surface area contributed by atoms with Gasteiger partial charge in [0.2, 0.25) is 0 Å². The highest BCUT2D eigenvalue weighted by molar-refractivity contribution is 7.18. The molecule has 1 aromatic carbocycles. The summed E-state index contributed by atoms with van der Waals surface area (Å²) in [6.07, 6.45) is 7.76. The molecule has 0 radical (unpaired) electrons. The Morgan fingerprint density at radius 3 is 2.69 bits per heavy atom. The summed E-state index contributed by atoms with van der Waals surface area (Å²) in [5, 5.41) is 1.24. The van der Waals surface area contributed by atoms with Crippen molar-refractivity contribution in [3.63, 3.8) is 0 Å². The Kier molecular flexibility index (Phi) is 3.98. The third kappa shape index (κ3) is 2.90. The fourth-order valence-electron chi connectivity index (χ4n) is 3.67. The smallest absolute Gasteiger partial charge is 0.179 e. The zero-order chi connectivity index (χ0) is 17.3. The highest BCUT2D eigenvalue weighted by atomic mass is 32.1. The highest BCUT2D eigenvalue weighted by Gasteiger charge is 2.18. The van der Waals surface area contributed by atoms with Gasteiger partial charge >= 0.3 is 0 Å². The van der Waals surface area contributed by atoms with Crippen LogP contribution in [0.25, 0.3) is 21.7 Å². The average Bonchev–Trinajstić information content (AvgIpc) is 3.07. The van der Waals surface area contributed by atoms with Crippen molar-refractivity contribution in [1.82, 2.24) is 15.0 Å². The van der Waals surface area contributed by atoms with Crippen LogP contribution < -0.4 is 0 Å². The molecular formula is C22H19N3S. The Hall–Kier alpha value is -2.59. The molecule has 0 N–H and O–H groups in total. The Morgan fingerprint density at radius 2 is 1.77 bits per heavy atom. The second kappa shape index (κ2) is 6.61. The molecule has 3 aromatic heterocycles. The van der Waals surface area contributed by atoms with E-state index in [1.165, 1.54) is 47.1 Å². The molecule has 26 heavy (non-hydrogen) atoms. The second-order valence-electron chi connectivity index (χ2n) is 6.80. The van der Waals surface area contributed by atoms with E-state index in [0.717, 1.165) is 28.5 Å². The first-order valence-electron chi connectivity index (χ1n) is 9.14. The van der Waals surface area contributed by atoms with E-state index in [-0.39, 0.29) is 0 Å². The van der Waals surface area contributed by atoms with Crippen LogP contribution >= 0.6 is 11.3 Å². The molecule has 0 fully saturated rings. The van der Waals surface area contributed by atoms with Gasteiger partial charge in [0.1, 0.15) is 10.5 Å². The molecule has 0 saturated heterocycles. The van der Waals surface area contributed by atoms with Crippen LogP contribution in [0.15, 0.2) is 54.7 Å². The van der Waals surface area contributed by atoms with E-state index in [1.54, 1.807) is 0 Å². The van der Waals surface area contributed by atoms with Gasteiger partial charge < -0.3 is 0 Å². The summed E-state index contributed by atoms with van der Waals surface area (Å²) >= 11 is 1.84. The van der Waals surface area contributed by atoms with Gasteiger partial charge in [-0.3, -0.25) is 0 Å². The number of thiophene rings is 1. The summed E-state index contributed by atoms with van der Waals surface area (Å²) in [5.41, 5.74) is 4.64. The van der Waals surface area contributed by atoms with Crippen molar-refractivity contribution in [3.8, 4) is 11.5 Å². The number of fused-ring (bicyclic) bond motifs is 3. The van der Waals surface area contributed by atoms with Gasteiger partial charge in [-0.25, -0.2) is 15.0 Å². The third-order valence-corrected chi connectivity index (χ3v) is 6.18. The summed E-state index contributed by atoms with van der Waals surface area (Å²) in [5.74, 6) is 0.728. The van der Waals surface area contributed by atoms with E-state index >= 15 is 0 Å². The maximum absolute atomic E-state index is 4.84. The van der Waals surface area contributed by atoms with Crippen LogP contribution in [0.4, 0.5) is 0 Å². The first-order valence-corrected chi connectivity index (χ1v) is 9.96. The normalized spacial score (nSPS) is 13.7. The van der Waals surface area contributed by atoms with Crippen LogP contribution in [-0.4, -0.2) is 15.0 Å². The lowest BCUT2D eigenvalue weighted by Crippen LogP contribution is -1.98. The number of nitrogens with zero attached hydrogens (tertiary/aromatic N) is 3. The van der Waals surface area contributed by atoms with Gasteiger partial charge in [0.25, 0.3) is 0 Å². The number of rotatable bonds is 3. The molecule has 0 amide bonds. The Morgan fingerprint density at radius 1 is 0.885 bits per heavy atom. The number of hydrogen-bond donors (Lipinski definition) is 0. The fourth-order valence-corrected chi connectivity index (χ4v) is 4.91. The molecule has 4 aromatic rings. The number of pyridine rings is 1. The molecule has 1 aliphatic rings. The molecule has 4 heteroatoms. The van der Waals surface area contributed by atoms with E-state index in [1.807, 2.05) is 35.7 Å². The van der Waals surface area contributed by atoms with Gasteiger partial charge in [-0.05, 0) is 48.9 Å². The number of benzene rings is 1. The summed E-state index contributed by atoms with van der Waals surface area (Å²) in [6.45, 7) is 0. The minimum Gasteiger partial charge on any atom is -0.249 e. The van der Waals surface area contributed by atoms with E-state index in [4.69, 9.17) is 9.97 Å². The minimum absolute atomic E-state index is 0.728. The van der Waals surface area contributed by atoms with Crippen LogP contribution in [0.2, 0.25) is 0 Å². The van der Waals surface area contributed by atoms with Crippen LogP contribution in [0.3, 0.4) is 0 Å². The molecule has 3 heterocycles. The zero-order valence-corrected chi connectivity index (χ0v) is 15.3. The van der Waals surface area contributed by atoms with E-state index < -0.39 is 0 Å². The molecule has 5 rings (SSSR count). The van der Waals surface area contributed by atoms with Gasteiger partial charge in [0.15, 0.2) is 5.82 Å². The lowest BCUT2D eigenvalue weighted by Gasteiger charge is -2.09. The minimum atomic E-state index is 0.728. The van der Waals surface area contributed by atoms with Crippen molar-refractivity contribution in [2.24, 2.45) is 0 Å². The van der Waals surface area contributed by atoms with Crippen LogP contribution in [0, 0.1) is 0 Å². The van der Waals surface area contributed by atoms with Crippen molar-refractivity contribution >= 4 is 21.6 Å². The topological polar surface area (TPSA) is 38.7 Å². The number of aryl methyl sites for hydroxylation is 2.